The fourth-order valence-corrected chi connectivity index (χ4v) is 3.82. The van der Waals surface area contributed by atoms with Crippen LogP contribution in [0.25, 0.3) is 0 Å². The first-order valence-corrected chi connectivity index (χ1v) is 9.53. The lowest BCUT2D eigenvalue weighted by Crippen LogP contribution is -2.45. The molecule has 2 aliphatic rings. The van der Waals surface area contributed by atoms with Crippen LogP contribution in [-0.4, -0.2) is 42.6 Å². The van der Waals surface area contributed by atoms with E-state index in [2.05, 4.69) is 5.32 Å². The number of aliphatic carboxylic acids is 1. The topological polar surface area (TPSA) is 95.9 Å². The number of hydrogen-bond donors (Lipinski definition) is 2. The highest BCUT2D eigenvalue weighted by atomic mass is 16.5. The molecule has 0 unspecified atom stereocenters. The van der Waals surface area contributed by atoms with E-state index in [1.54, 1.807) is 23.1 Å². The van der Waals surface area contributed by atoms with E-state index in [1.165, 1.54) is 0 Å². The maximum absolute atomic E-state index is 12.1. The summed E-state index contributed by atoms with van der Waals surface area (Å²) >= 11 is 0. The van der Waals surface area contributed by atoms with Crippen LogP contribution in [0.4, 0.5) is 5.69 Å². The van der Waals surface area contributed by atoms with Gasteiger partial charge in [0.1, 0.15) is 5.75 Å². The summed E-state index contributed by atoms with van der Waals surface area (Å²) in [4.78, 5) is 37.3. The summed E-state index contributed by atoms with van der Waals surface area (Å²) in [6.45, 7) is 0.639. The van der Waals surface area contributed by atoms with Crippen molar-refractivity contribution in [2.75, 3.05) is 24.6 Å². The van der Waals surface area contributed by atoms with Crippen LogP contribution in [0, 0.1) is 5.41 Å². The van der Waals surface area contributed by atoms with Gasteiger partial charge in [0.05, 0.1) is 5.41 Å². The van der Waals surface area contributed by atoms with Gasteiger partial charge in [-0.3, -0.25) is 14.4 Å². The van der Waals surface area contributed by atoms with Crippen LogP contribution in [0.1, 0.15) is 44.9 Å². The number of rotatable bonds is 7. The van der Waals surface area contributed by atoms with E-state index in [1.807, 2.05) is 6.07 Å². The fraction of sp³-hybridized carbons (Fsp3) is 0.550. The Labute approximate surface area is 158 Å². The molecule has 0 bridgehead atoms. The number of carbonyl (C=O) groups excluding carboxylic acids is 2. The first kappa shape index (κ1) is 19.2. The van der Waals surface area contributed by atoms with E-state index in [-0.39, 0.29) is 25.0 Å². The Morgan fingerprint density at radius 2 is 1.96 bits per heavy atom. The van der Waals surface area contributed by atoms with E-state index in [0.717, 1.165) is 31.4 Å². The van der Waals surface area contributed by atoms with Gasteiger partial charge in [0.15, 0.2) is 6.61 Å². The highest BCUT2D eigenvalue weighted by molar-refractivity contribution is 5.95. The lowest BCUT2D eigenvalue weighted by molar-refractivity contribution is -0.151. The van der Waals surface area contributed by atoms with Gasteiger partial charge < -0.3 is 20.1 Å². The molecule has 146 valence electrons. The molecule has 1 aromatic carbocycles. The zero-order valence-corrected chi connectivity index (χ0v) is 15.4. The van der Waals surface area contributed by atoms with Crippen LogP contribution in [0.5, 0.6) is 5.75 Å². The van der Waals surface area contributed by atoms with Crippen LogP contribution in [0.2, 0.25) is 0 Å². The standard InChI is InChI=1S/C20H26N2O5/c23-17(21-14-20(19(25)26)9-2-1-3-10-20)13-27-16-7-4-6-15(12-16)22-11-5-8-18(22)24/h4,6-7,12H,1-3,5,8-11,13-14H2,(H,21,23)(H,25,26). The van der Waals surface area contributed by atoms with Gasteiger partial charge in [-0.05, 0) is 31.4 Å². The average Bonchev–Trinajstić information content (AvgIpc) is 3.11. The number of anilines is 1. The Balaban J connectivity index is 1.52. The quantitative estimate of drug-likeness (QED) is 0.764. The third kappa shape index (κ3) is 4.59. The van der Waals surface area contributed by atoms with Gasteiger partial charge in [-0.1, -0.05) is 25.3 Å². The SMILES string of the molecule is O=C(COc1cccc(N2CCCC2=O)c1)NCC1(C(=O)O)CCCCC1. The number of nitrogens with one attached hydrogen (secondary N) is 1. The molecule has 27 heavy (non-hydrogen) atoms. The van der Waals surface area contributed by atoms with Crippen LogP contribution in [0.3, 0.4) is 0 Å². The molecule has 1 saturated heterocycles. The minimum Gasteiger partial charge on any atom is -0.484 e. The monoisotopic (exact) mass is 374 g/mol. The minimum atomic E-state index is -0.857. The molecule has 1 saturated carbocycles. The molecule has 7 nitrogen and oxygen atoms in total. The molecule has 0 aromatic heterocycles. The summed E-state index contributed by atoms with van der Waals surface area (Å²) in [5.74, 6) is -0.584. The smallest absolute Gasteiger partial charge is 0.311 e. The Bertz CT molecular complexity index is 712. The molecule has 1 heterocycles. The van der Waals surface area contributed by atoms with E-state index in [9.17, 15) is 19.5 Å². The average molecular weight is 374 g/mol. The van der Waals surface area contributed by atoms with Crippen LogP contribution < -0.4 is 15.0 Å². The number of benzene rings is 1. The van der Waals surface area contributed by atoms with Gasteiger partial charge in [-0.2, -0.15) is 0 Å². The van der Waals surface area contributed by atoms with Gasteiger partial charge in [0, 0.05) is 31.3 Å². The van der Waals surface area contributed by atoms with E-state index >= 15 is 0 Å². The molecule has 3 rings (SSSR count). The molecular formula is C20H26N2O5. The minimum absolute atomic E-state index is 0.0938. The van der Waals surface area contributed by atoms with E-state index in [4.69, 9.17) is 4.74 Å². The Morgan fingerprint density at radius 3 is 2.63 bits per heavy atom. The maximum Gasteiger partial charge on any atom is 0.311 e. The van der Waals surface area contributed by atoms with Gasteiger partial charge in [0.25, 0.3) is 5.91 Å². The van der Waals surface area contributed by atoms with Crippen molar-refractivity contribution in [3.63, 3.8) is 0 Å². The van der Waals surface area contributed by atoms with Gasteiger partial charge in [-0.15, -0.1) is 0 Å². The molecule has 0 spiro atoms. The first-order valence-electron chi connectivity index (χ1n) is 9.53. The molecule has 0 radical (unpaired) electrons. The number of carbonyl (C=O) groups is 3. The number of nitrogens with zero attached hydrogens (tertiary/aromatic N) is 1. The van der Waals surface area contributed by atoms with Crippen molar-refractivity contribution in [1.29, 1.82) is 0 Å². The van der Waals surface area contributed by atoms with Crippen LogP contribution in [0.15, 0.2) is 24.3 Å². The lowest BCUT2D eigenvalue weighted by atomic mass is 9.74. The predicted octanol–water partition coefficient (Wildman–Crippen LogP) is 2.34. The maximum atomic E-state index is 12.1. The highest BCUT2D eigenvalue weighted by Gasteiger charge is 2.39. The number of amides is 2. The van der Waals surface area contributed by atoms with Crippen molar-refractivity contribution in [3.05, 3.63) is 24.3 Å². The van der Waals surface area contributed by atoms with Crippen molar-refractivity contribution in [3.8, 4) is 5.75 Å². The van der Waals surface area contributed by atoms with Crippen LogP contribution >= 0.6 is 0 Å². The van der Waals surface area contributed by atoms with Gasteiger partial charge in [-0.25, -0.2) is 0 Å². The molecule has 2 amide bonds. The zero-order chi connectivity index (χ0) is 19.3. The highest BCUT2D eigenvalue weighted by Crippen LogP contribution is 2.36. The molecular weight excluding hydrogens is 348 g/mol. The molecule has 1 aromatic rings. The fourth-order valence-electron chi connectivity index (χ4n) is 3.82. The molecule has 2 fully saturated rings. The lowest BCUT2D eigenvalue weighted by Gasteiger charge is -2.33. The second-order valence-electron chi connectivity index (χ2n) is 7.36. The second kappa shape index (κ2) is 8.41. The van der Waals surface area contributed by atoms with Gasteiger partial charge in [0.2, 0.25) is 5.91 Å². The molecule has 1 aliphatic heterocycles. The largest absolute Gasteiger partial charge is 0.484 e. The van der Waals surface area contributed by atoms with Crippen molar-refractivity contribution < 1.29 is 24.2 Å². The number of hydrogen-bond acceptors (Lipinski definition) is 4. The predicted molar refractivity (Wildman–Crippen MR) is 99.7 cm³/mol. The van der Waals surface area contributed by atoms with E-state index < -0.39 is 11.4 Å². The summed E-state index contributed by atoms with van der Waals surface area (Å²) in [7, 11) is 0. The Kier molecular flexibility index (Phi) is 5.98. The number of ether oxygens (including phenoxy) is 1. The summed E-state index contributed by atoms with van der Waals surface area (Å²) in [5, 5.41) is 12.3. The van der Waals surface area contributed by atoms with E-state index in [0.29, 0.717) is 31.6 Å². The van der Waals surface area contributed by atoms with Crippen molar-refractivity contribution in [2.45, 2.75) is 44.9 Å². The molecule has 0 atom stereocenters. The summed E-state index contributed by atoms with van der Waals surface area (Å²) < 4.78 is 5.54. The van der Waals surface area contributed by atoms with Crippen molar-refractivity contribution in [1.82, 2.24) is 5.32 Å². The third-order valence-corrected chi connectivity index (χ3v) is 5.46. The molecule has 7 heteroatoms. The first-order chi connectivity index (χ1) is 13.0. The number of carboxylic acid groups (broad SMARTS) is 1. The zero-order valence-electron chi connectivity index (χ0n) is 15.4. The van der Waals surface area contributed by atoms with Gasteiger partial charge >= 0.3 is 5.97 Å². The summed E-state index contributed by atoms with van der Waals surface area (Å²) in [6, 6.07) is 7.11. The second-order valence-corrected chi connectivity index (χ2v) is 7.36. The summed E-state index contributed by atoms with van der Waals surface area (Å²) in [6.07, 6.45) is 5.38. The van der Waals surface area contributed by atoms with Crippen molar-refractivity contribution >= 4 is 23.5 Å². The van der Waals surface area contributed by atoms with Crippen molar-refractivity contribution in [2.24, 2.45) is 5.41 Å². The molecule has 1 aliphatic carbocycles. The van der Waals surface area contributed by atoms with Crippen LogP contribution in [-0.2, 0) is 14.4 Å². The normalized spacial score (nSPS) is 19.0. The third-order valence-electron chi connectivity index (χ3n) is 5.46. The summed E-state index contributed by atoms with van der Waals surface area (Å²) in [5.41, 5.74) is -0.0910. The Hall–Kier alpha value is -2.57. The molecule has 2 N–H and O–H groups in total. The number of carboxylic acids is 1. The Morgan fingerprint density at radius 1 is 1.19 bits per heavy atom.